The standard InChI is InChI=1S/C13H13N3O3/c1-9-6-11(16(17)18)3-4-12(9)19-8-10-2-5-13(14)15-7-10/h2-7H,8H2,1H3,(H2,14,15). The summed E-state index contributed by atoms with van der Waals surface area (Å²) in [5, 5.41) is 10.6. The van der Waals surface area contributed by atoms with Gasteiger partial charge in [0.25, 0.3) is 5.69 Å². The number of nitro benzene ring substituents is 1. The first-order chi connectivity index (χ1) is 9.06. The molecule has 0 radical (unpaired) electrons. The van der Waals surface area contributed by atoms with E-state index in [1.807, 2.05) is 6.07 Å². The molecule has 2 rings (SSSR count). The highest BCUT2D eigenvalue weighted by atomic mass is 16.6. The number of nitrogens with zero attached hydrogens (tertiary/aromatic N) is 2. The van der Waals surface area contributed by atoms with Crippen molar-refractivity contribution in [1.82, 2.24) is 4.98 Å². The van der Waals surface area contributed by atoms with Gasteiger partial charge in [0, 0.05) is 23.9 Å². The van der Waals surface area contributed by atoms with Gasteiger partial charge in [-0.25, -0.2) is 4.98 Å². The van der Waals surface area contributed by atoms with E-state index >= 15 is 0 Å². The minimum atomic E-state index is -0.430. The molecule has 0 fully saturated rings. The molecule has 6 heteroatoms. The maximum absolute atomic E-state index is 10.6. The van der Waals surface area contributed by atoms with E-state index in [2.05, 4.69) is 4.98 Å². The number of benzene rings is 1. The fourth-order valence-electron chi connectivity index (χ4n) is 1.59. The average molecular weight is 259 g/mol. The molecular weight excluding hydrogens is 246 g/mol. The van der Waals surface area contributed by atoms with Gasteiger partial charge in [-0.2, -0.15) is 0 Å². The zero-order valence-corrected chi connectivity index (χ0v) is 10.4. The molecule has 6 nitrogen and oxygen atoms in total. The van der Waals surface area contributed by atoms with Gasteiger partial charge in [0.2, 0.25) is 0 Å². The van der Waals surface area contributed by atoms with Crippen molar-refractivity contribution in [3.63, 3.8) is 0 Å². The van der Waals surface area contributed by atoms with E-state index in [1.54, 1.807) is 25.3 Å². The largest absolute Gasteiger partial charge is 0.489 e. The summed E-state index contributed by atoms with van der Waals surface area (Å²) in [5.41, 5.74) is 7.14. The maximum Gasteiger partial charge on any atom is 0.269 e. The minimum absolute atomic E-state index is 0.0546. The Bertz CT molecular complexity index is 597. The molecule has 0 saturated carbocycles. The fraction of sp³-hybridized carbons (Fsp3) is 0.154. The van der Waals surface area contributed by atoms with Crippen LogP contribution in [0, 0.1) is 17.0 Å². The summed E-state index contributed by atoms with van der Waals surface area (Å²) < 4.78 is 5.59. The highest BCUT2D eigenvalue weighted by Gasteiger charge is 2.08. The second-order valence-electron chi connectivity index (χ2n) is 4.09. The SMILES string of the molecule is Cc1cc([N+](=O)[O-])ccc1OCc1ccc(N)nc1. The number of rotatable bonds is 4. The highest BCUT2D eigenvalue weighted by molar-refractivity contribution is 5.43. The number of nitro groups is 1. The van der Waals surface area contributed by atoms with Crippen molar-refractivity contribution in [1.29, 1.82) is 0 Å². The van der Waals surface area contributed by atoms with Crippen LogP contribution >= 0.6 is 0 Å². The summed E-state index contributed by atoms with van der Waals surface area (Å²) in [7, 11) is 0. The van der Waals surface area contributed by atoms with Gasteiger partial charge in [0.05, 0.1) is 4.92 Å². The summed E-state index contributed by atoms with van der Waals surface area (Å²) in [6, 6.07) is 8.02. The molecule has 0 aliphatic heterocycles. The number of pyridine rings is 1. The molecule has 1 heterocycles. The summed E-state index contributed by atoms with van der Waals surface area (Å²) >= 11 is 0. The number of nitrogens with two attached hydrogens (primary N) is 1. The number of anilines is 1. The van der Waals surface area contributed by atoms with E-state index < -0.39 is 4.92 Å². The number of aromatic nitrogens is 1. The summed E-state index contributed by atoms with van der Waals surface area (Å²) in [6.07, 6.45) is 1.63. The van der Waals surface area contributed by atoms with Crippen LogP contribution in [0.4, 0.5) is 11.5 Å². The van der Waals surface area contributed by atoms with Crippen LogP contribution in [-0.2, 0) is 6.61 Å². The number of hydrogen-bond donors (Lipinski definition) is 1. The van der Waals surface area contributed by atoms with Crippen molar-refractivity contribution in [2.45, 2.75) is 13.5 Å². The lowest BCUT2D eigenvalue weighted by atomic mass is 10.2. The van der Waals surface area contributed by atoms with Crippen molar-refractivity contribution in [2.75, 3.05) is 5.73 Å². The third-order valence-electron chi connectivity index (χ3n) is 2.61. The molecule has 0 spiro atoms. The Balaban J connectivity index is 2.07. The fourth-order valence-corrected chi connectivity index (χ4v) is 1.59. The smallest absolute Gasteiger partial charge is 0.269 e. The first kappa shape index (κ1) is 12.8. The molecular formula is C13H13N3O3. The molecule has 0 amide bonds. The van der Waals surface area contributed by atoms with E-state index in [1.165, 1.54) is 12.1 Å². The Morgan fingerprint density at radius 3 is 2.74 bits per heavy atom. The number of aryl methyl sites for hydroxylation is 1. The van der Waals surface area contributed by atoms with Crippen LogP contribution in [0.15, 0.2) is 36.5 Å². The predicted octanol–water partition coefficient (Wildman–Crippen LogP) is 2.46. The normalized spacial score (nSPS) is 10.2. The zero-order valence-electron chi connectivity index (χ0n) is 10.4. The van der Waals surface area contributed by atoms with Crippen molar-refractivity contribution >= 4 is 11.5 Å². The van der Waals surface area contributed by atoms with E-state index in [4.69, 9.17) is 10.5 Å². The average Bonchev–Trinajstić information content (AvgIpc) is 2.39. The van der Waals surface area contributed by atoms with E-state index in [0.29, 0.717) is 18.2 Å². The molecule has 98 valence electrons. The summed E-state index contributed by atoms with van der Waals surface area (Å²) in [4.78, 5) is 14.2. The first-order valence-electron chi connectivity index (χ1n) is 5.64. The summed E-state index contributed by atoms with van der Waals surface area (Å²) in [6.45, 7) is 2.11. The van der Waals surface area contributed by atoms with Crippen molar-refractivity contribution < 1.29 is 9.66 Å². The van der Waals surface area contributed by atoms with Crippen molar-refractivity contribution in [3.8, 4) is 5.75 Å². The van der Waals surface area contributed by atoms with Crippen LogP contribution in [0.2, 0.25) is 0 Å². The number of hydrogen-bond acceptors (Lipinski definition) is 5. The second kappa shape index (κ2) is 5.34. The molecule has 1 aromatic carbocycles. The Kier molecular flexibility index (Phi) is 3.61. The van der Waals surface area contributed by atoms with Gasteiger partial charge in [0.15, 0.2) is 0 Å². The predicted molar refractivity (Wildman–Crippen MR) is 70.8 cm³/mol. The Morgan fingerprint density at radius 2 is 2.16 bits per heavy atom. The van der Waals surface area contributed by atoms with Crippen LogP contribution in [0.5, 0.6) is 5.75 Å². The quantitative estimate of drug-likeness (QED) is 0.672. The lowest BCUT2D eigenvalue weighted by Gasteiger charge is -2.08. The Morgan fingerprint density at radius 1 is 1.37 bits per heavy atom. The second-order valence-corrected chi connectivity index (χ2v) is 4.09. The van der Waals surface area contributed by atoms with E-state index in [0.717, 1.165) is 11.1 Å². The molecule has 0 bridgehead atoms. The van der Waals surface area contributed by atoms with Gasteiger partial charge < -0.3 is 10.5 Å². The monoisotopic (exact) mass is 259 g/mol. The molecule has 0 atom stereocenters. The van der Waals surface area contributed by atoms with Gasteiger partial charge in [0.1, 0.15) is 18.2 Å². The van der Waals surface area contributed by atoms with Crippen LogP contribution in [-0.4, -0.2) is 9.91 Å². The topological polar surface area (TPSA) is 91.3 Å². The van der Waals surface area contributed by atoms with Gasteiger partial charge in [-0.1, -0.05) is 6.07 Å². The maximum atomic E-state index is 10.6. The molecule has 0 unspecified atom stereocenters. The lowest BCUT2D eigenvalue weighted by Crippen LogP contribution is -1.99. The molecule has 1 aromatic heterocycles. The molecule has 0 aliphatic carbocycles. The van der Waals surface area contributed by atoms with Gasteiger partial charge in [-0.15, -0.1) is 0 Å². The Hall–Kier alpha value is -2.63. The van der Waals surface area contributed by atoms with Crippen LogP contribution in [0.25, 0.3) is 0 Å². The summed E-state index contributed by atoms with van der Waals surface area (Å²) in [5.74, 6) is 1.07. The molecule has 0 aliphatic rings. The third-order valence-corrected chi connectivity index (χ3v) is 2.61. The number of nitrogen functional groups attached to an aromatic ring is 1. The molecule has 0 saturated heterocycles. The molecule has 2 N–H and O–H groups in total. The Labute approximate surface area is 110 Å². The van der Waals surface area contributed by atoms with Crippen LogP contribution in [0.3, 0.4) is 0 Å². The third kappa shape index (κ3) is 3.19. The zero-order chi connectivity index (χ0) is 13.8. The van der Waals surface area contributed by atoms with Crippen LogP contribution in [0.1, 0.15) is 11.1 Å². The van der Waals surface area contributed by atoms with Crippen molar-refractivity contribution in [2.24, 2.45) is 0 Å². The molecule has 2 aromatic rings. The highest BCUT2D eigenvalue weighted by Crippen LogP contribution is 2.23. The van der Waals surface area contributed by atoms with Gasteiger partial charge in [-0.3, -0.25) is 10.1 Å². The van der Waals surface area contributed by atoms with Crippen molar-refractivity contribution in [3.05, 3.63) is 57.8 Å². The van der Waals surface area contributed by atoms with E-state index in [-0.39, 0.29) is 5.69 Å². The van der Waals surface area contributed by atoms with Gasteiger partial charge in [-0.05, 0) is 24.6 Å². The minimum Gasteiger partial charge on any atom is -0.489 e. The van der Waals surface area contributed by atoms with Crippen LogP contribution < -0.4 is 10.5 Å². The molecule has 19 heavy (non-hydrogen) atoms. The number of non-ortho nitro benzene ring substituents is 1. The lowest BCUT2D eigenvalue weighted by molar-refractivity contribution is -0.384. The number of ether oxygens (including phenoxy) is 1. The van der Waals surface area contributed by atoms with Gasteiger partial charge >= 0.3 is 0 Å². The first-order valence-corrected chi connectivity index (χ1v) is 5.64. The van der Waals surface area contributed by atoms with E-state index in [9.17, 15) is 10.1 Å².